The van der Waals surface area contributed by atoms with E-state index in [9.17, 15) is 4.79 Å². The Hall–Kier alpha value is -2.70. The van der Waals surface area contributed by atoms with Gasteiger partial charge in [-0.05, 0) is 38.8 Å². The SMILES string of the molecule is Cc1nc([C@H](C)NC(=O)Cn2c(C3CC3)nc3ccccc32)n[nH]1. The van der Waals surface area contributed by atoms with Gasteiger partial charge in [0.05, 0.1) is 17.1 Å². The number of rotatable bonds is 5. The molecule has 1 saturated carbocycles. The van der Waals surface area contributed by atoms with Gasteiger partial charge in [0.2, 0.25) is 5.91 Å². The molecule has 124 valence electrons. The van der Waals surface area contributed by atoms with E-state index in [4.69, 9.17) is 4.98 Å². The number of amides is 1. The molecule has 1 amide bonds. The van der Waals surface area contributed by atoms with Crippen LogP contribution in [0.4, 0.5) is 0 Å². The van der Waals surface area contributed by atoms with Crippen molar-refractivity contribution in [3.8, 4) is 0 Å². The lowest BCUT2D eigenvalue weighted by molar-refractivity contribution is -0.122. The van der Waals surface area contributed by atoms with Gasteiger partial charge in [0.1, 0.15) is 18.2 Å². The summed E-state index contributed by atoms with van der Waals surface area (Å²) < 4.78 is 2.04. The first-order valence-electron chi connectivity index (χ1n) is 8.25. The number of H-pyrrole nitrogens is 1. The largest absolute Gasteiger partial charge is 0.345 e. The van der Waals surface area contributed by atoms with Gasteiger partial charge in [-0.15, -0.1) is 0 Å². The van der Waals surface area contributed by atoms with Crippen molar-refractivity contribution in [3.05, 3.63) is 41.7 Å². The highest BCUT2D eigenvalue weighted by Crippen LogP contribution is 2.40. The average molecular weight is 324 g/mol. The summed E-state index contributed by atoms with van der Waals surface area (Å²) >= 11 is 0. The van der Waals surface area contributed by atoms with Crippen molar-refractivity contribution in [3.63, 3.8) is 0 Å². The van der Waals surface area contributed by atoms with Crippen LogP contribution in [0, 0.1) is 6.92 Å². The molecule has 2 N–H and O–H groups in total. The van der Waals surface area contributed by atoms with E-state index in [1.807, 2.05) is 42.7 Å². The Balaban J connectivity index is 1.55. The number of carbonyl (C=O) groups excluding carboxylic acids is 1. The van der Waals surface area contributed by atoms with Crippen molar-refractivity contribution in [1.29, 1.82) is 0 Å². The first kappa shape index (κ1) is 14.9. The number of aromatic amines is 1. The Bertz CT molecular complexity index is 892. The minimum atomic E-state index is -0.235. The fraction of sp³-hybridized carbons (Fsp3) is 0.412. The number of hydrogen-bond acceptors (Lipinski definition) is 4. The second kappa shape index (κ2) is 5.74. The summed E-state index contributed by atoms with van der Waals surface area (Å²) in [6.45, 7) is 3.99. The molecule has 2 aromatic heterocycles. The quantitative estimate of drug-likeness (QED) is 0.753. The van der Waals surface area contributed by atoms with Gasteiger partial charge in [0, 0.05) is 5.92 Å². The van der Waals surface area contributed by atoms with Gasteiger partial charge in [-0.25, -0.2) is 9.97 Å². The standard InChI is InChI=1S/C17H20N6O/c1-10(16-19-11(2)21-22-16)18-15(24)9-23-14-6-4-3-5-13(14)20-17(23)12-7-8-12/h3-6,10,12H,7-9H2,1-2H3,(H,18,24)(H,19,21,22)/t10-/m0/s1. The maximum Gasteiger partial charge on any atom is 0.240 e. The van der Waals surface area contributed by atoms with Gasteiger partial charge < -0.3 is 9.88 Å². The van der Waals surface area contributed by atoms with Crippen molar-refractivity contribution < 1.29 is 4.79 Å². The molecule has 4 rings (SSSR count). The number of nitrogens with one attached hydrogen (secondary N) is 2. The summed E-state index contributed by atoms with van der Waals surface area (Å²) in [5.74, 6) is 2.78. The molecule has 1 atom stereocenters. The van der Waals surface area contributed by atoms with E-state index in [2.05, 4.69) is 20.5 Å². The van der Waals surface area contributed by atoms with Crippen LogP contribution in [0.15, 0.2) is 24.3 Å². The molecule has 0 unspecified atom stereocenters. The lowest BCUT2D eigenvalue weighted by atomic mass is 10.3. The van der Waals surface area contributed by atoms with Crippen LogP contribution in [0.5, 0.6) is 0 Å². The van der Waals surface area contributed by atoms with Crippen LogP contribution in [-0.2, 0) is 11.3 Å². The lowest BCUT2D eigenvalue weighted by Crippen LogP contribution is -2.31. The fourth-order valence-electron chi connectivity index (χ4n) is 2.96. The zero-order valence-electron chi connectivity index (χ0n) is 13.8. The van der Waals surface area contributed by atoms with E-state index in [1.165, 1.54) is 0 Å². The van der Waals surface area contributed by atoms with Crippen LogP contribution in [0.2, 0.25) is 0 Å². The number of nitrogens with zero attached hydrogens (tertiary/aromatic N) is 4. The number of fused-ring (bicyclic) bond motifs is 1. The molecule has 3 aromatic rings. The van der Waals surface area contributed by atoms with Gasteiger partial charge >= 0.3 is 0 Å². The maximum absolute atomic E-state index is 12.5. The van der Waals surface area contributed by atoms with Crippen LogP contribution in [0.25, 0.3) is 11.0 Å². The van der Waals surface area contributed by atoms with Gasteiger partial charge in [0.15, 0.2) is 5.82 Å². The zero-order chi connectivity index (χ0) is 16.7. The molecule has 0 spiro atoms. The molecule has 1 aliphatic carbocycles. The molecule has 0 saturated heterocycles. The number of benzene rings is 1. The summed E-state index contributed by atoms with van der Waals surface area (Å²) in [6.07, 6.45) is 2.30. The van der Waals surface area contributed by atoms with Crippen molar-refractivity contribution >= 4 is 16.9 Å². The molecule has 1 aromatic carbocycles. The summed E-state index contributed by atoms with van der Waals surface area (Å²) in [5.41, 5.74) is 1.96. The van der Waals surface area contributed by atoms with Crippen LogP contribution in [-0.4, -0.2) is 30.6 Å². The molecule has 2 heterocycles. The van der Waals surface area contributed by atoms with Crippen molar-refractivity contribution in [1.82, 2.24) is 30.0 Å². The summed E-state index contributed by atoms with van der Waals surface area (Å²) in [7, 11) is 0. The molecule has 0 aliphatic heterocycles. The van der Waals surface area contributed by atoms with Gasteiger partial charge in [0.25, 0.3) is 0 Å². The molecule has 24 heavy (non-hydrogen) atoms. The fourth-order valence-corrected chi connectivity index (χ4v) is 2.96. The second-order valence-electron chi connectivity index (χ2n) is 6.39. The summed E-state index contributed by atoms with van der Waals surface area (Å²) in [4.78, 5) is 21.5. The highest BCUT2D eigenvalue weighted by molar-refractivity contribution is 5.81. The smallest absolute Gasteiger partial charge is 0.240 e. The van der Waals surface area contributed by atoms with Gasteiger partial charge in [-0.1, -0.05) is 12.1 Å². The average Bonchev–Trinajstić information content (AvgIpc) is 3.22. The first-order valence-corrected chi connectivity index (χ1v) is 8.25. The predicted molar refractivity (Wildman–Crippen MR) is 89.4 cm³/mol. The van der Waals surface area contributed by atoms with E-state index in [1.54, 1.807) is 0 Å². The summed E-state index contributed by atoms with van der Waals surface area (Å²) in [5, 5.41) is 9.87. The van der Waals surface area contributed by atoms with E-state index < -0.39 is 0 Å². The van der Waals surface area contributed by atoms with E-state index in [-0.39, 0.29) is 18.5 Å². The predicted octanol–water partition coefficient (Wildman–Crippen LogP) is 2.22. The minimum absolute atomic E-state index is 0.0602. The highest BCUT2D eigenvalue weighted by Gasteiger charge is 2.30. The molecule has 7 heteroatoms. The number of imidazole rings is 1. The van der Waals surface area contributed by atoms with Crippen LogP contribution in [0.3, 0.4) is 0 Å². The van der Waals surface area contributed by atoms with Crippen molar-refractivity contribution in [2.45, 2.75) is 45.2 Å². The van der Waals surface area contributed by atoms with Crippen LogP contribution >= 0.6 is 0 Å². The normalized spacial score (nSPS) is 15.6. The Labute approximate surface area is 139 Å². The van der Waals surface area contributed by atoms with E-state index in [0.717, 1.165) is 35.5 Å². The number of aryl methyl sites for hydroxylation is 1. The Morgan fingerprint density at radius 1 is 1.38 bits per heavy atom. The second-order valence-corrected chi connectivity index (χ2v) is 6.39. The number of hydrogen-bond donors (Lipinski definition) is 2. The molecule has 0 bridgehead atoms. The van der Waals surface area contributed by atoms with E-state index >= 15 is 0 Å². The molecule has 0 radical (unpaired) electrons. The monoisotopic (exact) mass is 324 g/mol. The minimum Gasteiger partial charge on any atom is -0.345 e. The third kappa shape index (κ3) is 2.77. The highest BCUT2D eigenvalue weighted by atomic mass is 16.2. The number of aromatic nitrogens is 5. The van der Waals surface area contributed by atoms with E-state index in [0.29, 0.717) is 11.7 Å². The Morgan fingerprint density at radius 2 is 2.17 bits per heavy atom. The Kier molecular flexibility index (Phi) is 3.55. The van der Waals surface area contributed by atoms with Crippen LogP contribution < -0.4 is 5.32 Å². The third-order valence-electron chi connectivity index (χ3n) is 4.31. The zero-order valence-corrected chi connectivity index (χ0v) is 13.8. The van der Waals surface area contributed by atoms with Gasteiger partial charge in [-0.3, -0.25) is 9.89 Å². The molecular weight excluding hydrogens is 304 g/mol. The topological polar surface area (TPSA) is 88.5 Å². The number of carbonyl (C=O) groups is 1. The first-order chi connectivity index (χ1) is 11.6. The van der Waals surface area contributed by atoms with Crippen molar-refractivity contribution in [2.24, 2.45) is 0 Å². The van der Waals surface area contributed by atoms with Gasteiger partial charge in [-0.2, -0.15) is 5.10 Å². The maximum atomic E-state index is 12.5. The van der Waals surface area contributed by atoms with Crippen LogP contribution in [0.1, 0.15) is 49.2 Å². The number of para-hydroxylation sites is 2. The lowest BCUT2D eigenvalue weighted by Gasteiger charge is -2.13. The third-order valence-corrected chi connectivity index (χ3v) is 4.31. The molecular formula is C17H20N6O. The molecule has 1 aliphatic rings. The molecule has 7 nitrogen and oxygen atoms in total. The summed E-state index contributed by atoms with van der Waals surface area (Å²) in [6, 6.07) is 7.73. The van der Waals surface area contributed by atoms with Crippen molar-refractivity contribution in [2.75, 3.05) is 0 Å². The Morgan fingerprint density at radius 3 is 2.88 bits per heavy atom. The molecule has 1 fully saturated rings.